The fourth-order valence-electron chi connectivity index (χ4n) is 5.53. The highest BCUT2D eigenvalue weighted by atomic mass is 16.6. The number of rotatable bonds is 28. The maximum atomic E-state index is 11.8. The first-order valence-electron chi connectivity index (χ1n) is 16.7. The zero-order valence-corrected chi connectivity index (χ0v) is 24.8. The van der Waals surface area contributed by atoms with Crippen molar-refractivity contribution < 1.29 is 9.53 Å². The molecule has 1 saturated heterocycles. The second kappa shape index (κ2) is 25.8. The molecule has 0 bridgehead atoms. The molecule has 0 spiro atoms. The van der Waals surface area contributed by atoms with Gasteiger partial charge in [-0.25, -0.2) is 4.79 Å². The van der Waals surface area contributed by atoms with E-state index in [0.717, 1.165) is 18.4 Å². The molecular weight excluding hydrogens is 440 g/mol. The van der Waals surface area contributed by atoms with E-state index in [0.29, 0.717) is 0 Å². The lowest BCUT2D eigenvalue weighted by molar-refractivity contribution is -0.156. The standard InChI is InChI=1S/C34H64O2/c1-3-5-7-9-11-13-15-16-17-18-19-21-22-24-26-28-30-32-33(36-34(32)35)31-29-27-25-23-20-14-12-10-8-6-4-2/h30,33H,3-29,31H2,1-2H3/b32-30+. The van der Waals surface area contributed by atoms with Crippen molar-refractivity contribution in [2.75, 3.05) is 0 Å². The first-order valence-corrected chi connectivity index (χ1v) is 16.7. The van der Waals surface area contributed by atoms with Gasteiger partial charge in [-0.1, -0.05) is 174 Å². The van der Waals surface area contributed by atoms with E-state index in [1.54, 1.807) is 0 Å². The monoisotopic (exact) mass is 504 g/mol. The molecule has 2 nitrogen and oxygen atoms in total. The van der Waals surface area contributed by atoms with Crippen LogP contribution in [0.25, 0.3) is 0 Å². The fraction of sp³-hybridized carbons (Fsp3) is 0.912. The molecule has 0 aromatic rings. The average Bonchev–Trinajstić information content (AvgIpc) is 2.88. The molecule has 1 unspecified atom stereocenters. The van der Waals surface area contributed by atoms with Crippen molar-refractivity contribution in [2.45, 2.75) is 200 Å². The van der Waals surface area contributed by atoms with Crippen LogP contribution in [0.2, 0.25) is 0 Å². The van der Waals surface area contributed by atoms with Crippen LogP contribution in [0.3, 0.4) is 0 Å². The number of carbonyl (C=O) groups is 1. The number of allylic oxidation sites excluding steroid dienone is 1. The molecule has 0 amide bonds. The highest BCUT2D eigenvalue weighted by Crippen LogP contribution is 2.27. The third kappa shape index (κ3) is 19.3. The molecule has 0 aromatic heterocycles. The highest BCUT2D eigenvalue weighted by molar-refractivity contribution is 5.95. The smallest absolute Gasteiger partial charge is 0.338 e. The first kappa shape index (κ1) is 33.2. The van der Waals surface area contributed by atoms with E-state index in [4.69, 9.17) is 4.74 Å². The number of cyclic esters (lactones) is 1. The van der Waals surface area contributed by atoms with Gasteiger partial charge in [-0.05, 0) is 25.7 Å². The summed E-state index contributed by atoms with van der Waals surface area (Å²) in [5.74, 6) is -0.0518. The summed E-state index contributed by atoms with van der Waals surface area (Å²) in [6, 6.07) is 0. The van der Waals surface area contributed by atoms with Crippen LogP contribution in [0.1, 0.15) is 194 Å². The number of ether oxygens (including phenoxy) is 1. The maximum absolute atomic E-state index is 11.8. The van der Waals surface area contributed by atoms with E-state index in [1.165, 1.54) is 167 Å². The van der Waals surface area contributed by atoms with Gasteiger partial charge in [0.2, 0.25) is 0 Å². The van der Waals surface area contributed by atoms with Crippen LogP contribution < -0.4 is 0 Å². The molecule has 2 heteroatoms. The minimum absolute atomic E-state index is 0.0518. The molecular formula is C34H64O2. The van der Waals surface area contributed by atoms with Crippen molar-refractivity contribution in [3.8, 4) is 0 Å². The second-order valence-corrected chi connectivity index (χ2v) is 11.6. The zero-order chi connectivity index (χ0) is 25.9. The molecule has 1 atom stereocenters. The molecule has 0 N–H and O–H groups in total. The first-order chi connectivity index (χ1) is 17.8. The largest absolute Gasteiger partial charge is 0.454 e. The fourth-order valence-corrected chi connectivity index (χ4v) is 5.53. The van der Waals surface area contributed by atoms with E-state index in [-0.39, 0.29) is 12.1 Å². The topological polar surface area (TPSA) is 26.3 Å². The summed E-state index contributed by atoms with van der Waals surface area (Å²) in [6.07, 6.45) is 40.4. The van der Waals surface area contributed by atoms with Gasteiger partial charge in [-0.2, -0.15) is 0 Å². The van der Waals surface area contributed by atoms with Crippen LogP contribution in [0.4, 0.5) is 0 Å². The van der Waals surface area contributed by atoms with Crippen LogP contribution in [-0.2, 0) is 9.53 Å². The van der Waals surface area contributed by atoms with Crippen molar-refractivity contribution in [3.05, 3.63) is 11.6 Å². The van der Waals surface area contributed by atoms with Crippen molar-refractivity contribution >= 4 is 5.97 Å². The molecule has 0 radical (unpaired) electrons. The normalized spacial score (nSPS) is 16.4. The number of hydrogen-bond acceptors (Lipinski definition) is 2. The molecule has 0 aliphatic carbocycles. The van der Waals surface area contributed by atoms with Gasteiger partial charge in [0.25, 0.3) is 0 Å². The van der Waals surface area contributed by atoms with Crippen LogP contribution in [0.5, 0.6) is 0 Å². The Hall–Kier alpha value is -0.790. The maximum Gasteiger partial charge on any atom is 0.338 e. The van der Waals surface area contributed by atoms with E-state index in [2.05, 4.69) is 19.9 Å². The molecule has 1 aliphatic heterocycles. The van der Waals surface area contributed by atoms with Gasteiger partial charge in [0, 0.05) is 0 Å². The summed E-state index contributed by atoms with van der Waals surface area (Å²) in [7, 11) is 0. The molecule has 0 aromatic carbocycles. The molecule has 212 valence electrons. The van der Waals surface area contributed by atoms with E-state index in [9.17, 15) is 4.79 Å². The molecule has 36 heavy (non-hydrogen) atoms. The predicted octanol–water partition coefficient (Wildman–Crippen LogP) is 11.8. The van der Waals surface area contributed by atoms with E-state index in [1.807, 2.05) is 0 Å². The summed E-state index contributed by atoms with van der Waals surface area (Å²) >= 11 is 0. The Morgan fingerprint density at radius 2 is 0.833 bits per heavy atom. The molecule has 1 fully saturated rings. The molecule has 1 heterocycles. The third-order valence-corrected chi connectivity index (χ3v) is 8.07. The molecule has 0 saturated carbocycles. The summed E-state index contributed by atoms with van der Waals surface area (Å²) < 4.78 is 5.42. The van der Waals surface area contributed by atoms with Gasteiger partial charge in [0.15, 0.2) is 0 Å². The van der Waals surface area contributed by atoms with Crippen LogP contribution in [-0.4, -0.2) is 12.1 Å². The van der Waals surface area contributed by atoms with Crippen LogP contribution >= 0.6 is 0 Å². The highest BCUT2D eigenvalue weighted by Gasteiger charge is 2.34. The Kier molecular flexibility index (Phi) is 23.9. The average molecular weight is 505 g/mol. The van der Waals surface area contributed by atoms with Gasteiger partial charge in [0.05, 0.1) is 5.57 Å². The second-order valence-electron chi connectivity index (χ2n) is 11.6. The van der Waals surface area contributed by atoms with Crippen molar-refractivity contribution in [1.29, 1.82) is 0 Å². The van der Waals surface area contributed by atoms with Gasteiger partial charge in [0.1, 0.15) is 6.10 Å². The lowest BCUT2D eigenvalue weighted by Crippen LogP contribution is -2.36. The number of esters is 1. The summed E-state index contributed by atoms with van der Waals surface area (Å²) in [4.78, 5) is 11.8. The third-order valence-electron chi connectivity index (χ3n) is 8.07. The van der Waals surface area contributed by atoms with Gasteiger partial charge >= 0.3 is 5.97 Å². The number of hydrogen-bond donors (Lipinski definition) is 0. The summed E-state index contributed by atoms with van der Waals surface area (Å²) in [6.45, 7) is 4.57. The van der Waals surface area contributed by atoms with Gasteiger partial charge in [-0.15, -0.1) is 0 Å². The van der Waals surface area contributed by atoms with Crippen molar-refractivity contribution in [1.82, 2.24) is 0 Å². The lowest BCUT2D eigenvalue weighted by Gasteiger charge is -2.29. The molecule has 1 rings (SSSR count). The minimum Gasteiger partial charge on any atom is -0.454 e. The lowest BCUT2D eigenvalue weighted by atomic mass is 9.96. The predicted molar refractivity (Wildman–Crippen MR) is 159 cm³/mol. The zero-order valence-electron chi connectivity index (χ0n) is 24.8. The Bertz CT molecular complexity index is 509. The SMILES string of the molecule is CCCCCCCCCCCCCCCCC/C=C1/C(=O)OC1CCCCCCCCCCCCC. The minimum atomic E-state index is -0.0518. The Morgan fingerprint density at radius 3 is 1.19 bits per heavy atom. The van der Waals surface area contributed by atoms with Crippen molar-refractivity contribution in [2.24, 2.45) is 0 Å². The van der Waals surface area contributed by atoms with Gasteiger partial charge < -0.3 is 4.74 Å². The Morgan fingerprint density at radius 1 is 0.500 bits per heavy atom. The van der Waals surface area contributed by atoms with Crippen LogP contribution in [0, 0.1) is 0 Å². The van der Waals surface area contributed by atoms with Crippen molar-refractivity contribution in [3.63, 3.8) is 0 Å². The van der Waals surface area contributed by atoms with E-state index >= 15 is 0 Å². The molecule has 1 aliphatic rings. The summed E-state index contributed by atoms with van der Waals surface area (Å²) in [5, 5.41) is 0. The number of unbranched alkanes of at least 4 members (excludes halogenated alkanes) is 25. The van der Waals surface area contributed by atoms with Crippen LogP contribution in [0.15, 0.2) is 11.6 Å². The Balaban J connectivity index is 1.85. The quantitative estimate of drug-likeness (QED) is 0.0601. The Labute approximate surface area is 226 Å². The number of carbonyl (C=O) groups excluding carboxylic acids is 1. The van der Waals surface area contributed by atoms with Gasteiger partial charge in [-0.3, -0.25) is 0 Å². The van der Waals surface area contributed by atoms with E-state index < -0.39 is 0 Å². The summed E-state index contributed by atoms with van der Waals surface area (Å²) in [5.41, 5.74) is 0.979.